The van der Waals surface area contributed by atoms with E-state index >= 15 is 0 Å². The van der Waals surface area contributed by atoms with Gasteiger partial charge < -0.3 is 5.11 Å². The molecule has 0 aromatic carbocycles. The van der Waals surface area contributed by atoms with E-state index in [1.165, 1.54) is 6.42 Å². The third-order valence-electron chi connectivity index (χ3n) is 2.98. The first kappa shape index (κ1) is 9.16. The van der Waals surface area contributed by atoms with Crippen LogP contribution in [0.2, 0.25) is 0 Å². The lowest BCUT2D eigenvalue weighted by atomic mass is 9.75. The first-order chi connectivity index (χ1) is 6.20. The molecule has 1 fully saturated rings. The summed E-state index contributed by atoms with van der Waals surface area (Å²) in [7, 11) is 0. The van der Waals surface area contributed by atoms with Crippen molar-refractivity contribution in [3.05, 3.63) is 16.6 Å². The predicted octanol–water partition coefficient (Wildman–Crippen LogP) is 2.55. The molecule has 2 nitrogen and oxygen atoms in total. The van der Waals surface area contributed by atoms with Crippen LogP contribution in [0.4, 0.5) is 0 Å². The predicted molar refractivity (Wildman–Crippen MR) is 53.9 cm³/mol. The Hall–Kier alpha value is -0.410. The lowest BCUT2D eigenvalue weighted by Crippen LogP contribution is -2.35. The molecule has 1 heterocycles. The van der Waals surface area contributed by atoms with Crippen LogP contribution in [0.1, 0.15) is 44.2 Å². The van der Waals surface area contributed by atoms with Gasteiger partial charge in [0.25, 0.3) is 0 Å². The zero-order chi connectivity index (χ0) is 9.31. The maximum Gasteiger partial charge on any atom is 0.0794 e. The molecule has 1 aromatic heterocycles. The molecule has 1 saturated carbocycles. The number of hydrogen-bond donors (Lipinski definition) is 1. The maximum absolute atomic E-state index is 10.2. The summed E-state index contributed by atoms with van der Waals surface area (Å²) < 4.78 is 0. The Morgan fingerprint density at radius 1 is 1.62 bits per heavy atom. The Bertz CT molecular complexity index is 268. The second-order valence-electron chi connectivity index (χ2n) is 4.07. The van der Waals surface area contributed by atoms with Crippen molar-refractivity contribution in [1.82, 2.24) is 4.98 Å². The summed E-state index contributed by atoms with van der Waals surface area (Å²) in [5.41, 5.74) is 2.39. The van der Waals surface area contributed by atoms with E-state index in [-0.39, 0.29) is 5.92 Å². The molecule has 0 amide bonds. The van der Waals surface area contributed by atoms with Crippen molar-refractivity contribution in [3.8, 4) is 0 Å². The lowest BCUT2D eigenvalue weighted by molar-refractivity contribution is -0.000474. The largest absolute Gasteiger partial charge is 0.389 e. The van der Waals surface area contributed by atoms with Gasteiger partial charge in [-0.15, -0.1) is 11.3 Å². The lowest BCUT2D eigenvalue weighted by Gasteiger charge is -2.36. The fraction of sp³-hybridized carbons (Fsp3) is 0.700. The van der Waals surface area contributed by atoms with Gasteiger partial charge >= 0.3 is 0 Å². The Morgan fingerprint density at radius 3 is 3.08 bits per heavy atom. The van der Waals surface area contributed by atoms with Crippen molar-refractivity contribution in [2.45, 2.75) is 44.1 Å². The van der Waals surface area contributed by atoms with E-state index in [1.54, 1.807) is 11.3 Å². The smallest absolute Gasteiger partial charge is 0.0794 e. The number of aliphatic hydroxyl groups is 1. The molecule has 72 valence electrons. The minimum atomic E-state index is -0.535. The molecule has 0 saturated heterocycles. The fourth-order valence-electron chi connectivity index (χ4n) is 2.18. The summed E-state index contributed by atoms with van der Waals surface area (Å²) in [5.74, 6) is 0.257. The van der Waals surface area contributed by atoms with Crippen LogP contribution in [-0.4, -0.2) is 15.7 Å². The molecule has 2 atom stereocenters. The standard InChI is InChI=1S/C10H15NOS/c1-10(12)5-3-2-4-8(10)9-6-13-7-11-9/h6-8,12H,2-5H2,1H3/t8-,10+/m0/s1. The minimum Gasteiger partial charge on any atom is -0.389 e. The zero-order valence-electron chi connectivity index (χ0n) is 7.86. The maximum atomic E-state index is 10.2. The zero-order valence-corrected chi connectivity index (χ0v) is 8.68. The molecule has 1 aliphatic carbocycles. The Morgan fingerprint density at radius 2 is 2.46 bits per heavy atom. The molecule has 0 unspecified atom stereocenters. The van der Waals surface area contributed by atoms with Crippen LogP contribution in [0.15, 0.2) is 10.9 Å². The van der Waals surface area contributed by atoms with Gasteiger partial charge in [-0.05, 0) is 19.8 Å². The van der Waals surface area contributed by atoms with Gasteiger partial charge in [-0.25, -0.2) is 4.98 Å². The average Bonchev–Trinajstić information content (AvgIpc) is 2.55. The summed E-state index contributed by atoms with van der Waals surface area (Å²) in [6.07, 6.45) is 4.36. The molecule has 0 spiro atoms. The number of aromatic nitrogens is 1. The summed E-state index contributed by atoms with van der Waals surface area (Å²) >= 11 is 1.61. The summed E-state index contributed by atoms with van der Waals surface area (Å²) in [6, 6.07) is 0. The van der Waals surface area contributed by atoms with E-state index in [9.17, 15) is 5.11 Å². The van der Waals surface area contributed by atoms with Crippen LogP contribution < -0.4 is 0 Å². The highest BCUT2D eigenvalue weighted by molar-refractivity contribution is 7.07. The average molecular weight is 197 g/mol. The van der Waals surface area contributed by atoms with Gasteiger partial charge in [-0.1, -0.05) is 12.8 Å². The van der Waals surface area contributed by atoms with Crippen LogP contribution in [0.3, 0.4) is 0 Å². The monoisotopic (exact) mass is 197 g/mol. The SMILES string of the molecule is C[C@@]1(O)CCCC[C@H]1c1cscn1. The molecule has 1 N–H and O–H groups in total. The topological polar surface area (TPSA) is 33.1 Å². The Kier molecular flexibility index (Phi) is 2.39. The Balaban J connectivity index is 2.21. The first-order valence-electron chi connectivity index (χ1n) is 4.80. The minimum absolute atomic E-state index is 0.257. The molecular formula is C10H15NOS. The van der Waals surface area contributed by atoms with Gasteiger partial charge in [0.15, 0.2) is 0 Å². The van der Waals surface area contributed by atoms with Crippen LogP contribution >= 0.6 is 11.3 Å². The van der Waals surface area contributed by atoms with E-state index in [4.69, 9.17) is 0 Å². The molecule has 2 rings (SSSR count). The van der Waals surface area contributed by atoms with Crippen molar-refractivity contribution in [1.29, 1.82) is 0 Å². The molecular weight excluding hydrogens is 182 g/mol. The second kappa shape index (κ2) is 3.39. The number of rotatable bonds is 1. The molecule has 0 bridgehead atoms. The van der Waals surface area contributed by atoms with Crippen molar-refractivity contribution in [2.24, 2.45) is 0 Å². The first-order valence-corrected chi connectivity index (χ1v) is 5.75. The highest BCUT2D eigenvalue weighted by Crippen LogP contribution is 2.40. The van der Waals surface area contributed by atoms with E-state index < -0.39 is 5.60 Å². The fourth-order valence-corrected chi connectivity index (χ4v) is 2.78. The highest BCUT2D eigenvalue weighted by atomic mass is 32.1. The third-order valence-corrected chi connectivity index (χ3v) is 3.59. The van der Waals surface area contributed by atoms with Crippen LogP contribution in [0.25, 0.3) is 0 Å². The van der Waals surface area contributed by atoms with Crippen molar-refractivity contribution >= 4 is 11.3 Å². The number of nitrogens with zero attached hydrogens (tertiary/aromatic N) is 1. The van der Waals surface area contributed by atoms with E-state index in [0.29, 0.717) is 0 Å². The molecule has 0 radical (unpaired) electrons. The van der Waals surface area contributed by atoms with Crippen molar-refractivity contribution < 1.29 is 5.11 Å². The van der Waals surface area contributed by atoms with Gasteiger partial charge in [0.05, 0.1) is 16.8 Å². The second-order valence-corrected chi connectivity index (χ2v) is 4.79. The Labute approximate surface area is 82.6 Å². The van der Waals surface area contributed by atoms with E-state index in [2.05, 4.69) is 10.4 Å². The molecule has 3 heteroatoms. The van der Waals surface area contributed by atoms with Gasteiger partial charge in [0, 0.05) is 11.3 Å². The third kappa shape index (κ3) is 1.76. The normalized spacial score (nSPS) is 34.8. The molecule has 0 aliphatic heterocycles. The summed E-state index contributed by atoms with van der Waals surface area (Å²) in [6.45, 7) is 1.94. The van der Waals surface area contributed by atoms with E-state index in [0.717, 1.165) is 25.0 Å². The van der Waals surface area contributed by atoms with E-state index in [1.807, 2.05) is 12.4 Å². The number of thiazole rings is 1. The van der Waals surface area contributed by atoms with Crippen LogP contribution in [0, 0.1) is 0 Å². The van der Waals surface area contributed by atoms with Gasteiger partial charge in [-0.2, -0.15) is 0 Å². The van der Waals surface area contributed by atoms with Gasteiger partial charge in [0.1, 0.15) is 0 Å². The molecule has 1 aliphatic rings. The van der Waals surface area contributed by atoms with Gasteiger partial charge in [-0.3, -0.25) is 0 Å². The van der Waals surface area contributed by atoms with Crippen LogP contribution in [0.5, 0.6) is 0 Å². The highest BCUT2D eigenvalue weighted by Gasteiger charge is 2.36. The molecule has 13 heavy (non-hydrogen) atoms. The van der Waals surface area contributed by atoms with Crippen molar-refractivity contribution in [3.63, 3.8) is 0 Å². The van der Waals surface area contributed by atoms with Crippen molar-refractivity contribution in [2.75, 3.05) is 0 Å². The summed E-state index contributed by atoms with van der Waals surface area (Å²) in [4.78, 5) is 4.29. The number of hydrogen-bond acceptors (Lipinski definition) is 3. The van der Waals surface area contributed by atoms with Gasteiger partial charge in [0.2, 0.25) is 0 Å². The molecule has 1 aromatic rings. The van der Waals surface area contributed by atoms with Crippen LogP contribution in [-0.2, 0) is 0 Å². The summed E-state index contributed by atoms with van der Waals surface area (Å²) in [5, 5.41) is 12.2. The quantitative estimate of drug-likeness (QED) is 0.750.